The maximum Gasteiger partial charge on any atom is 0.437 e. The highest BCUT2D eigenvalue weighted by molar-refractivity contribution is 9.10. The Labute approximate surface area is 275 Å². The van der Waals surface area contributed by atoms with E-state index in [4.69, 9.17) is 30.5 Å². The average molecular weight is 703 g/mol. The van der Waals surface area contributed by atoms with E-state index in [9.17, 15) is 14.4 Å². The normalized spacial score (nSPS) is 14.2. The SMILES string of the molecule is CCOC(=O)CCCCOc1cc(/C=C2\COc3c(Br)cc(Cn4ccn(C)/c4=N/C(=O)OC(C)(C)C)cc3C2=O)ccc1Cl. The van der Waals surface area contributed by atoms with Gasteiger partial charge in [-0.15, -0.1) is 4.99 Å². The van der Waals surface area contributed by atoms with Gasteiger partial charge in [0.05, 0.1) is 34.8 Å². The van der Waals surface area contributed by atoms with Crippen LogP contribution >= 0.6 is 27.5 Å². The number of ketones is 1. The van der Waals surface area contributed by atoms with Crippen LogP contribution in [-0.4, -0.2) is 52.4 Å². The molecule has 0 radical (unpaired) electrons. The summed E-state index contributed by atoms with van der Waals surface area (Å²) in [6.45, 7) is 8.32. The fourth-order valence-corrected chi connectivity index (χ4v) is 5.40. The van der Waals surface area contributed by atoms with Crippen LogP contribution in [0.25, 0.3) is 6.08 Å². The third-order valence-electron chi connectivity index (χ3n) is 6.63. The number of hydrogen-bond acceptors (Lipinski definition) is 7. The first kappa shape index (κ1) is 34.1. The molecule has 4 rings (SSSR count). The van der Waals surface area contributed by atoms with Crippen LogP contribution in [0.5, 0.6) is 11.5 Å². The molecule has 10 nitrogen and oxygen atoms in total. The molecule has 3 aromatic rings. The van der Waals surface area contributed by atoms with Crippen molar-refractivity contribution in [1.29, 1.82) is 0 Å². The zero-order chi connectivity index (χ0) is 32.7. The van der Waals surface area contributed by atoms with Crippen molar-refractivity contribution in [2.45, 2.75) is 59.1 Å². The van der Waals surface area contributed by atoms with Gasteiger partial charge in [0.15, 0.2) is 5.78 Å². The lowest BCUT2D eigenvalue weighted by Gasteiger charge is -2.21. The van der Waals surface area contributed by atoms with Gasteiger partial charge in [0.25, 0.3) is 0 Å². The third-order valence-corrected chi connectivity index (χ3v) is 7.53. The Hall–Kier alpha value is -3.83. The van der Waals surface area contributed by atoms with Crippen molar-refractivity contribution in [3.8, 4) is 11.5 Å². The highest BCUT2D eigenvalue weighted by atomic mass is 79.9. The maximum atomic E-state index is 13.7. The number of amides is 1. The van der Waals surface area contributed by atoms with Crippen molar-refractivity contribution < 1.29 is 33.3 Å². The Morgan fingerprint density at radius 1 is 1.16 bits per heavy atom. The van der Waals surface area contributed by atoms with E-state index in [1.54, 1.807) is 86.6 Å². The van der Waals surface area contributed by atoms with Crippen LogP contribution in [0.15, 0.2) is 57.8 Å². The van der Waals surface area contributed by atoms with Gasteiger partial charge >= 0.3 is 12.1 Å². The van der Waals surface area contributed by atoms with Gasteiger partial charge < -0.3 is 28.1 Å². The van der Waals surface area contributed by atoms with Crippen LogP contribution in [0.3, 0.4) is 0 Å². The predicted molar refractivity (Wildman–Crippen MR) is 174 cm³/mol. The standard InChI is InChI=1S/C33H37BrClN3O7/c1-6-42-28(39)9-7-8-14-43-27-18-21(10-11-26(27)35)15-23-20-44-30-24(29(23)40)16-22(17-25(30)34)19-38-13-12-37(5)31(38)36-32(41)45-33(2,3)4/h10-13,15-18H,6-9,14,19-20H2,1-5H3/b23-15+,36-31-. The molecule has 1 aliphatic rings. The first-order valence-corrected chi connectivity index (χ1v) is 15.8. The summed E-state index contributed by atoms with van der Waals surface area (Å²) in [6, 6.07) is 8.97. The second kappa shape index (κ2) is 15.0. The zero-order valence-corrected chi connectivity index (χ0v) is 28.4. The van der Waals surface area contributed by atoms with E-state index in [0.717, 1.165) is 11.1 Å². The van der Waals surface area contributed by atoms with Crippen molar-refractivity contribution in [3.05, 3.63) is 80.1 Å². The molecule has 0 saturated carbocycles. The van der Waals surface area contributed by atoms with Crippen molar-refractivity contribution in [2.75, 3.05) is 19.8 Å². The molecule has 0 aliphatic carbocycles. The number of imidazole rings is 1. The third kappa shape index (κ3) is 9.34. The van der Waals surface area contributed by atoms with Gasteiger partial charge in [-0.3, -0.25) is 9.59 Å². The van der Waals surface area contributed by atoms with Gasteiger partial charge in [-0.25, -0.2) is 4.79 Å². The summed E-state index contributed by atoms with van der Waals surface area (Å²) in [6.07, 6.45) is 6.32. The number of carbonyl (C=O) groups is 3. The van der Waals surface area contributed by atoms with Crippen molar-refractivity contribution in [3.63, 3.8) is 0 Å². The van der Waals surface area contributed by atoms with E-state index in [1.165, 1.54) is 0 Å². The molecule has 1 aromatic heterocycles. The molecule has 2 heterocycles. The fourth-order valence-electron chi connectivity index (χ4n) is 4.61. The Balaban J connectivity index is 1.51. The number of esters is 1. The Morgan fingerprint density at radius 3 is 2.67 bits per heavy atom. The fraction of sp³-hybridized carbons (Fsp3) is 0.394. The molecule has 45 heavy (non-hydrogen) atoms. The second-order valence-electron chi connectivity index (χ2n) is 11.5. The molecule has 12 heteroatoms. The average Bonchev–Trinajstić information content (AvgIpc) is 3.29. The number of ether oxygens (including phenoxy) is 4. The zero-order valence-electron chi connectivity index (χ0n) is 26.0. The first-order valence-electron chi connectivity index (χ1n) is 14.6. The predicted octanol–water partition coefficient (Wildman–Crippen LogP) is 6.90. The van der Waals surface area contributed by atoms with Crippen molar-refractivity contribution >= 4 is 51.5 Å². The largest absolute Gasteiger partial charge is 0.492 e. The lowest BCUT2D eigenvalue weighted by molar-refractivity contribution is -0.143. The van der Waals surface area contributed by atoms with E-state index in [-0.39, 0.29) is 18.4 Å². The van der Waals surface area contributed by atoms with E-state index < -0.39 is 11.7 Å². The molecular weight excluding hydrogens is 666 g/mol. The van der Waals surface area contributed by atoms with Gasteiger partial charge in [0.1, 0.15) is 23.7 Å². The van der Waals surface area contributed by atoms with Gasteiger partial charge in [0.2, 0.25) is 5.62 Å². The Bertz CT molecular complexity index is 1680. The minimum Gasteiger partial charge on any atom is -0.492 e. The maximum absolute atomic E-state index is 13.7. The number of carbonyl (C=O) groups excluding carboxylic acids is 3. The number of unbranched alkanes of at least 4 members (excludes halogenated alkanes) is 1. The minimum absolute atomic E-state index is 0.100. The van der Waals surface area contributed by atoms with Gasteiger partial charge in [-0.2, -0.15) is 0 Å². The van der Waals surface area contributed by atoms with Crippen LogP contribution in [0.1, 0.15) is 68.4 Å². The number of halogens is 2. The van der Waals surface area contributed by atoms with Crippen LogP contribution in [0.4, 0.5) is 4.79 Å². The van der Waals surface area contributed by atoms with E-state index >= 15 is 0 Å². The number of aromatic nitrogens is 2. The second-order valence-corrected chi connectivity index (χ2v) is 12.7. The number of rotatable bonds is 10. The van der Waals surface area contributed by atoms with E-state index in [1.807, 2.05) is 6.07 Å². The Morgan fingerprint density at radius 2 is 1.93 bits per heavy atom. The molecule has 2 aromatic carbocycles. The van der Waals surface area contributed by atoms with Crippen LogP contribution in [0.2, 0.25) is 5.02 Å². The monoisotopic (exact) mass is 701 g/mol. The first-order chi connectivity index (χ1) is 21.3. The van der Waals surface area contributed by atoms with E-state index in [2.05, 4.69) is 20.9 Å². The summed E-state index contributed by atoms with van der Waals surface area (Å²) < 4.78 is 26.3. The van der Waals surface area contributed by atoms with Gasteiger partial charge in [-0.05, 0) is 97.9 Å². The molecule has 0 unspecified atom stereocenters. The summed E-state index contributed by atoms with van der Waals surface area (Å²) in [5.74, 6) is 0.582. The van der Waals surface area contributed by atoms with E-state index in [0.29, 0.717) is 76.8 Å². The van der Waals surface area contributed by atoms with Crippen LogP contribution in [-0.2, 0) is 27.9 Å². The summed E-state index contributed by atoms with van der Waals surface area (Å²) in [4.78, 5) is 41.7. The molecule has 1 amide bonds. The quantitative estimate of drug-likeness (QED) is 0.128. The minimum atomic E-state index is -0.687. The molecule has 1 aliphatic heterocycles. The summed E-state index contributed by atoms with van der Waals surface area (Å²) >= 11 is 9.92. The molecule has 0 N–H and O–H groups in total. The smallest absolute Gasteiger partial charge is 0.437 e. The molecule has 0 atom stereocenters. The number of fused-ring (bicyclic) bond motifs is 1. The summed E-state index contributed by atoms with van der Waals surface area (Å²) in [5, 5.41) is 0.448. The number of benzene rings is 2. The number of nitrogens with zero attached hydrogens (tertiary/aromatic N) is 3. The molecule has 0 spiro atoms. The van der Waals surface area contributed by atoms with Crippen molar-refractivity contribution in [2.24, 2.45) is 12.0 Å². The lowest BCUT2D eigenvalue weighted by Crippen LogP contribution is -2.29. The lowest BCUT2D eigenvalue weighted by atomic mass is 9.96. The van der Waals surface area contributed by atoms with Crippen LogP contribution < -0.4 is 15.1 Å². The van der Waals surface area contributed by atoms with Gasteiger partial charge in [-0.1, -0.05) is 17.7 Å². The summed E-state index contributed by atoms with van der Waals surface area (Å²) in [7, 11) is 1.79. The van der Waals surface area contributed by atoms with Crippen LogP contribution in [0, 0.1) is 0 Å². The van der Waals surface area contributed by atoms with Gasteiger partial charge in [0, 0.05) is 31.4 Å². The number of aryl methyl sites for hydroxylation is 1. The molecular formula is C33H37BrClN3O7. The molecule has 0 fully saturated rings. The number of hydrogen-bond donors (Lipinski definition) is 0. The topological polar surface area (TPSA) is 110 Å². The molecule has 240 valence electrons. The Kier molecular flexibility index (Phi) is 11.3. The highest BCUT2D eigenvalue weighted by Crippen LogP contribution is 2.37. The van der Waals surface area contributed by atoms with Crippen molar-refractivity contribution in [1.82, 2.24) is 9.13 Å². The number of Topliss-reactive ketones (excluding diaryl/α,β-unsaturated/α-hetero) is 1. The summed E-state index contributed by atoms with van der Waals surface area (Å²) in [5.41, 5.74) is 2.17. The molecule has 0 saturated heterocycles. The molecule has 0 bridgehead atoms. The highest BCUT2D eigenvalue weighted by Gasteiger charge is 2.26.